The van der Waals surface area contributed by atoms with Crippen LogP contribution in [-0.2, 0) is 0 Å². The molecule has 0 nitrogen and oxygen atoms in total. The van der Waals surface area contributed by atoms with Crippen molar-refractivity contribution in [2.24, 2.45) is 0 Å². The molecule has 0 spiro atoms. The molecule has 1 heterocycles. The van der Waals surface area contributed by atoms with Crippen LogP contribution in [0.15, 0.2) is 133 Å². The molecule has 0 saturated carbocycles. The SMILES string of the molecule is Cc1c2ccccc2c(-c2ccc3[se]c4cccc(-c5c6ccccc6c(C)c6ccccc56)c4c3c2)c2ccccc12. The summed E-state index contributed by atoms with van der Waals surface area (Å²) in [6, 6.07) is 50.0. The van der Waals surface area contributed by atoms with Crippen LogP contribution in [0, 0.1) is 13.8 Å². The average molecular weight is 612 g/mol. The maximum atomic E-state index is 2.49. The molecule has 1 aromatic heterocycles. The Bertz CT molecular complexity index is 2470. The minimum absolute atomic E-state index is 0.271. The van der Waals surface area contributed by atoms with Gasteiger partial charge >= 0.3 is 258 Å². The first-order valence-corrected chi connectivity index (χ1v) is 16.7. The Morgan fingerprint density at radius 2 is 0.837 bits per heavy atom. The number of aryl methyl sites for hydroxylation is 2. The van der Waals surface area contributed by atoms with Gasteiger partial charge in [-0.2, -0.15) is 0 Å². The molecule has 202 valence electrons. The zero-order valence-electron chi connectivity index (χ0n) is 24.1. The van der Waals surface area contributed by atoms with Gasteiger partial charge in [0, 0.05) is 0 Å². The van der Waals surface area contributed by atoms with Gasteiger partial charge in [-0.1, -0.05) is 0 Å². The topological polar surface area (TPSA) is 0 Å². The Morgan fingerprint density at radius 1 is 0.372 bits per heavy atom. The molecule has 9 rings (SSSR count). The van der Waals surface area contributed by atoms with E-state index in [0.29, 0.717) is 0 Å². The molecule has 0 radical (unpaired) electrons. The van der Waals surface area contributed by atoms with Crippen LogP contribution in [0.3, 0.4) is 0 Å². The van der Waals surface area contributed by atoms with Crippen molar-refractivity contribution in [3.63, 3.8) is 0 Å². The molecule has 0 N–H and O–H groups in total. The monoisotopic (exact) mass is 612 g/mol. The van der Waals surface area contributed by atoms with Crippen molar-refractivity contribution in [2.45, 2.75) is 13.8 Å². The molecule has 1 heteroatoms. The van der Waals surface area contributed by atoms with Crippen LogP contribution in [0.2, 0.25) is 0 Å². The molecule has 0 unspecified atom stereocenters. The predicted octanol–water partition coefficient (Wildman–Crippen LogP) is 11.6. The number of rotatable bonds is 2. The molecule has 0 bridgehead atoms. The third-order valence-corrected chi connectivity index (χ3v) is 11.8. The van der Waals surface area contributed by atoms with Crippen LogP contribution in [0.4, 0.5) is 0 Å². The number of fused-ring (bicyclic) bond motifs is 7. The molecule has 43 heavy (non-hydrogen) atoms. The first-order valence-electron chi connectivity index (χ1n) is 14.9. The summed E-state index contributed by atoms with van der Waals surface area (Å²) in [4.78, 5) is 0. The molecule has 0 fully saturated rings. The molecule has 0 aliphatic rings. The quantitative estimate of drug-likeness (QED) is 0.135. The van der Waals surface area contributed by atoms with Gasteiger partial charge in [0.05, 0.1) is 0 Å². The summed E-state index contributed by atoms with van der Waals surface area (Å²) in [5.41, 5.74) is 8.04. The van der Waals surface area contributed by atoms with Gasteiger partial charge in [-0.3, -0.25) is 0 Å². The molecule has 9 aromatic rings. The minimum atomic E-state index is 0.271. The molecule has 0 amide bonds. The van der Waals surface area contributed by atoms with E-state index in [4.69, 9.17) is 0 Å². The van der Waals surface area contributed by atoms with Gasteiger partial charge in [0.15, 0.2) is 0 Å². The summed E-state index contributed by atoms with van der Waals surface area (Å²) in [6.07, 6.45) is 0. The standard InChI is InChI=1S/C42H28Se/c1-25-28-12-3-7-16-32(28)40(33-17-8-4-13-29(25)33)27-22-23-38-37(24-27)42-36(20-11-21-39(42)43-38)41-34-18-9-5-14-30(34)26(2)31-15-6-10-19-35(31)41/h3-24H,1-2H3. The van der Waals surface area contributed by atoms with Gasteiger partial charge in [-0.25, -0.2) is 0 Å². The third-order valence-electron chi connectivity index (χ3n) is 9.45. The number of benzene rings is 8. The van der Waals surface area contributed by atoms with Crippen molar-refractivity contribution < 1.29 is 0 Å². The van der Waals surface area contributed by atoms with E-state index in [2.05, 4.69) is 147 Å². The van der Waals surface area contributed by atoms with E-state index in [1.165, 1.54) is 95.8 Å². The van der Waals surface area contributed by atoms with E-state index >= 15 is 0 Å². The van der Waals surface area contributed by atoms with E-state index in [-0.39, 0.29) is 14.5 Å². The summed E-state index contributed by atoms with van der Waals surface area (Å²) in [6.45, 7) is 4.53. The van der Waals surface area contributed by atoms with Crippen molar-refractivity contribution >= 4 is 76.9 Å². The van der Waals surface area contributed by atoms with Gasteiger partial charge in [-0.05, 0) is 0 Å². The summed E-state index contributed by atoms with van der Waals surface area (Å²) in [7, 11) is 0. The first-order chi connectivity index (χ1) is 21.2. The Labute approximate surface area is 256 Å². The van der Waals surface area contributed by atoms with Crippen molar-refractivity contribution in [3.05, 3.63) is 145 Å². The van der Waals surface area contributed by atoms with Crippen LogP contribution in [0.1, 0.15) is 11.1 Å². The van der Waals surface area contributed by atoms with Crippen molar-refractivity contribution in [3.8, 4) is 22.3 Å². The second kappa shape index (κ2) is 9.41. The van der Waals surface area contributed by atoms with Crippen LogP contribution in [0.5, 0.6) is 0 Å². The van der Waals surface area contributed by atoms with Gasteiger partial charge in [0.1, 0.15) is 0 Å². The van der Waals surface area contributed by atoms with E-state index < -0.39 is 0 Å². The van der Waals surface area contributed by atoms with Crippen LogP contribution in [0.25, 0.3) is 84.6 Å². The molecule has 0 saturated heterocycles. The second-order valence-corrected chi connectivity index (χ2v) is 13.9. The molecule has 0 aliphatic carbocycles. The molecule has 8 aromatic carbocycles. The van der Waals surface area contributed by atoms with Gasteiger partial charge < -0.3 is 0 Å². The second-order valence-electron chi connectivity index (χ2n) is 11.7. The number of hydrogen-bond acceptors (Lipinski definition) is 0. The normalized spacial score (nSPS) is 12.0. The summed E-state index contributed by atoms with van der Waals surface area (Å²) in [5.74, 6) is 0. The Hall–Kier alpha value is -4.68. The van der Waals surface area contributed by atoms with Gasteiger partial charge in [0.2, 0.25) is 0 Å². The van der Waals surface area contributed by atoms with E-state index in [0.717, 1.165) is 0 Å². The molecular weight excluding hydrogens is 583 g/mol. The molecule has 0 atom stereocenters. The Balaban J connectivity index is 1.42. The summed E-state index contributed by atoms with van der Waals surface area (Å²) < 4.78 is 2.95. The van der Waals surface area contributed by atoms with E-state index in [1.807, 2.05) is 0 Å². The molecular formula is C42H28Se. The van der Waals surface area contributed by atoms with Crippen molar-refractivity contribution in [1.82, 2.24) is 0 Å². The summed E-state index contributed by atoms with van der Waals surface area (Å²) >= 11 is 0.271. The maximum absolute atomic E-state index is 2.49. The number of hydrogen-bond donors (Lipinski definition) is 0. The molecule has 0 aliphatic heterocycles. The zero-order valence-corrected chi connectivity index (χ0v) is 25.8. The van der Waals surface area contributed by atoms with Crippen LogP contribution in [-0.4, -0.2) is 14.5 Å². The Kier molecular flexibility index (Phi) is 5.45. The van der Waals surface area contributed by atoms with Gasteiger partial charge in [-0.15, -0.1) is 0 Å². The fourth-order valence-electron chi connectivity index (χ4n) is 7.48. The third kappa shape index (κ3) is 3.56. The fourth-order valence-corrected chi connectivity index (χ4v) is 9.82. The Morgan fingerprint density at radius 3 is 1.35 bits per heavy atom. The predicted molar refractivity (Wildman–Crippen MR) is 189 cm³/mol. The summed E-state index contributed by atoms with van der Waals surface area (Å²) in [5, 5.41) is 13.5. The van der Waals surface area contributed by atoms with Crippen molar-refractivity contribution in [2.75, 3.05) is 0 Å². The fraction of sp³-hybridized carbons (Fsp3) is 0.0476. The van der Waals surface area contributed by atoms with Crippen LogP contribution < -0.4 is 0 Å². The average Bonchev–Trinajstić information content (AvgIpc) is 3.44. The van der Waals surface area contributed by atoms with E-state index in [1.54, 1.807) is 0 Å². The van der Waals surface area contributed by atoms with Gasteiger partial charge in [0.25, 0.3) is 0 Å². The van der Waals surface area contributed by atoms with Crippen molar-refractivity contribution in [1.29, 1.82) is 0 Å². The zero-order chi connectivity index (χ0) is 28.7. The van der Waals surface area contributed by atoms with E-state index in [9.17, 15) is 0 Å². The van der Waals surface area contributed by atoms with Crippen LogP contribution >= 0.6 is 0 Å². The first kappa shape index (κ1) is 24.9.